The number of hydrogen-bond acceptors (Lipinski definition) is 3. The second-order valence-corrected chi connectivity index (χ2v) is 5.10. The summed E-state index contributed by atoms with van der Waals surface area (Å²) in [6.45, 7) is 6.22. The second-order valence-electron chi connectivity index (χ2n) is 5.10. The quantitative estimate of drug-likeness (QED) is 0.864. The third-order valence-electron chi connectivity index (χ3n) is 3.27. The van der Waals surface area contributed by atoms with Crippen LogP contribution in [-0.2, 0) is 4.79 Å². The number of ether oxygens (including phenoxy) is 1. The Balaban J connectivity index is 2.22. The van der Waals surface area contributed by atoms with Gasteiger partial charge in [-0.05, 0) is 30.5 Å². The lowest BCUT2D eigenvalue weighted by Crippen LogP contribution is -2.40. The summed E-state index contributed by atoms with van der Waals surface area (Å²) < 4.78 is 5.75. The van der Waals surface area contributed by atoms with Crippen LogP contribution in [0, 0.1) is 0 Å². The summed E-state index contributed by atoms with van der Waals surface area (Å²) in [5.74, 6) is 0.365. The van der Waals surface area contributed by atoms with E-state index in [0.29, 0.717) is 5.92 Å². The highest BCUT2D eigenvalue weighted by Crippen LogP contribution is 2.34. The summed E-state index contributed by atoms with van der Waals surface area (Å²) >= 11 is 0. The fraction of sp³-hybridized carbons (Fsp3) is 0.500. The van der Waals surface area contributed by atoms with E-state index < -0.39 is 5.97 Å². The monoisotopic (exact) mass is 249 g/mol. The first-order chi connectivity index (χ1) is 8.47. The van der Waals surface area contributed by atoms with Crippen molar-refractivity contribution in [2.45, 2.75) is 45.3 Å². The van der Waals surface area contributed by atoms with Crippen molar-refractivity contribution in [1.29, 1.82) is 0 Å². The van der Waals surface area contributed by atoms with Crippen LogP contribution < -0.4 is 10.1 Å². The Morgan fingerprint density at radius 3 is 2.83 bits per heavy atom. The third-order valence-corrected chi connectivity index (χ3v) is 3.27. The van der Waals surface area contributed by atoms with Crippen LogP contribution in [0.3, 0.4) is 0 Å². The van der Waals surface area contributed by atoms with Gasteiger partial charge in [-0.15, -0.1) is 0 Å². The minimum atomic E-state index is -0.837. The van der Waals surface area contributed by atoms with E-state index >= 15 is 0 Å². The molecular weight excluding hydrogens is 230 g/mol. The number of anilines is 1. The first-order valence-electron chi connectivity index (χ1n) is 6.26. The van der Waals surface area contributed by atoms with Gasteiger partial charge in [-0.25, -0.2) is 0 Å². The van der Waals surface area contributed by atoms with E-state index in [-0.39, 0.29) is 18.6 Å². The molecule has 0 saturated carbocycles. The smallest absolute Gasteiger partial charge is 0.307 e. The Morgan fingerprint density at radius 1 is 1.50 bits per heavy atom. The second kappa shape index (κ2) is 4.88. The van der Waals surface area contributed by atoms with Crippen molar-refractivity contribution in [3.8, 4) is 5.75 Å². The fourth-order valence-electron chi connectivity index (χ4n) is 2.12. The molecule has 0 radical (unpaired) electrons. The number of rotatable bonds is 3. The fourth-order valence-corrected chi connectivity index (χ4v) is 2.12. The Bertz CT molecular complexity index is 456. The molecule has 1 aromatic carbocycles. The van der Waals surface area contributed by atoms with E-state index in [9.17, 15) is 4.79 Å². The maximum atomic E-state index is 10.8. The zero-order chi connectivity index (χ0) is 13.3. The first-order valence-corrected chi connectivity index (χ1v) is 6.26. The first kappa shape index (κ1) is 12.7. The van der Waals surface area contributed by atoms with Crippen LogP contribution in [-0.4, -0.2) is 23.2 Å². The van der Waals surface area contributed by atoms with Crippen molar-refractivity contribution >= 4 is 11.7 Å². The zero-order valence-electron chi connectivity index (χ0n) is 10.9. The number of carboxylic acids is 1. The zero-order valence-corrected chi connectivity index (χ0v) is 10.9. The van der Waals surface area contributed by atoms with Crippen LogP contribution in [0.15, 0.2) is 18.2 Å². The van der Waals surface area contributed by atoms with Crippen molar-refractivity contribution < 1.29 is 14.6 Å². The molecule has 4 nitrogen and oxygen atoms in total. The molecule has 1 aliphatic heterocycles. The van der Waals surface area contributed by atoms with Gasteiger partial charge in [0.05, 0.1) is 18.2 Å². The van der Waals surface area contributed by atoms with Crippen LogP contribution in [0.25, 0.3) is 0 Å². The number of fused-ring (bicyclic) bond motifs is 1. The maximum absolute atomic E-state index is 10.8. The minimum absolute atomic E-state index is 0.00369. The van der Waals surface area contributed by atoms with Crippen LogP contribution in [0.2, 0.25) is 0 Å². The molecule has 0 fully saturated rings. The lowest BCUT2D eigenvalue weighted by atomic mass is 10.0. The minimum Gasteiger partial charge on any atom is -0.486 e. The van der Waals surface area contributed by atoms with Gasteiger partial charge in [0.25, 0.3) is 0 Å². The Hall–Kier alpha value is -1.71. The molecule has 1 aliphatic rings. The van der Waals surface area contributed by atoms with Gasteiger partial charge in [-0.3, -0.25) is 4.79 Å². The van der Waals surface area contributed by atoms with E-state index in [1.807, 2.05) is 19.1 Å². The van der Waals surface area contributed by atoms with Crippen molar-refractivity contribution in [3.05, 3.63) is 23.8 Å². The SMILES string of the molecule is CC(C)c1ccc2c(c1)NC(C)C(CC(=O)O)O2. The standard InChI is InChI=1S/C14H19NO3/c1-8(2)10-4-5-12-11(6-10)15-9(3)13(18-12)7-14(16)17/h4-6,8-9,13,15H,7H2,1-3H3,(H,16,17). The number of hydrogen-bond donors (Lipinski definition) is 2. The normalized spacial score (nSPS) is 22.0. The van der Waals surface area contributed by atoms with Crippen molar-refractivity contribution in [3.63, 3.8) is 0 Å². The summed E-state index contributed by atoms with van der Waals surface area (Å²) in [6.07, 6.45) is -0.306. The van der Waals surface area contributed by atoms with Gasteiger partial charge in [0.1, 0.15) is 11.9 Å². The van der Waals surface area contributed by atoms with E-state index in [2.05, 4.69) is 25.2 Å². The van der Waals surface area contributed by atoms with Gasteiger partial charge in [0.2, 0.25) is 0 Å². The van der Waals surface area contributed by atoms with Gasteiger partial charge in [-0.2, -0.15) is 0 Å². The van der Waals surface area contributed by atoms with Gasteiger partial charge in [-0.1, -0.05) is 19.9 Å². The molecule has 18 heavy (non-hydrogen) atoms. The summed E-state index contributed by atoms with van der Waals surface area (Å²) in [5.41, 5.74) is 2.20. The lowest BCUT2D eigenvalue weighted by Gasteiger charge is -2.32. The van der Waals surface area contributed by atoms with Crippen LogP contribution in [0.1, 0.15) is 38.7 Å². The van der Waals surface area contributed by atoms with Crippen molar-refractivity contribution in [2.75, 3.05) is 5.32 Å². The summed E-state index contributed by atoms with van der Waals surface area (Å²) in [4.78, 5) is 10.8. The Labute approximate surface area is 107 Å². The molecule has 2 N–H and O–H groups in total. The predicted molar refractivity (Wildman–Crippen MR) is 70.3 cm³/mol. The summed E-state index contributed by atoms with van der Waals surface area (Å²) in [6, 6.07) is 6.02. The van der Waals surface area contributed by atoms with E-state index in [1.165, 1.54) is 5.56 Å². The third kappa shape index (κ3) is 2.58. The molecule has 2 unspecified atom stereocenters. The summed E-state index contributed by atoms with van der Waals surface area (Å²) in [7, 11) is 0. The van der Waals surface area contributed by atoms with Crippen molar-refractivity contribution in [1.82, 2.24) is 0 Å². The highest BCUT2D eigenvalue weighted by molar-refractivity contribution is 5.68. The summed E-state index contributed by atoms with van der Waals surface area (Å²) in [5, 5.41) is 12.2. The molecule has 0 amide bonds. The van der Waals surface area contributed by atoms with E-state index in [1.54, 1.807) is 0 Å². The molecule has 0 aliphatic carbocycles. The molecule has 0 saturated heterocycles. The molecule has 98 valence electrons. The number of nitrogens with one attached hydrogen (secondary N) is 1. The molecule has 1 heterocycles. The number of benzene rings is 1. The van der Waals surface area contributed by atoms with Crippen molar-refractivity contribution in [2.24, 2.45) is 0 Å². The predicted octanol–water partition coefficient (Wildman–Crippen LogP) is 2.85. The van der Waals surface area contributed by atoms with Gasteiger partial charge < -0.3 is 15.2 Å². The molecule has 2 rings (SSSR count). The van der Waals surface area contributed by atoms with Crippen LogP contribution in [0.4, 0.5) is 5.69 Å². The molecule has 0 aromatic heterocycles. The molecule has 2 atom stereocenters. The Kier molecular flexibility index (Phi) is 3.45. The largest absolute Gasteiger partial charge is 0.486 e. The van der Waals surface area contributed by atoms with Gasteiger partial charge in [0, 0.05) is 0 Å². The molecule has 0 bridgehead atoms. The topological polar surface area (TPSA) is 58.6 Å². The molecule has 0 spiro atoms. The van der Waals surface area contributed by atoms with Gasteiger partial charge in [0.15, 0.2) is 0 Å². The maximum Gasteiger partial charge on any atom is 0.307 e. The highest BCUT2D eigenvalue weighted by Gasteiger charge is 2.28. The Morgan fingerprint density at radius 2 is 2.22 bits per heavy atom. The number of carbonyl (C=O) groups is 1. The molecule has 4 heteroatoms. The highest BCUT2D eigenvalue weighted by atomic mass is 16.5. The molecular formula is C14H19NO3. The van der Waals surface area contributed by atoms with Crippen LogP contribution >= 0.6 is 0 Å². The van der Waals surface area contributed by atoms with E-state index in [4.69, 9.17) is 9.84 Å². The number of aliphatic carboxylic acids is 1. The molecule has 1 aromatic rings. The lowest BCUT2D eigenvalue weighted by molar-refractivity contribution is -0.139. The van der Waals surface area contributed by atoms with E-state index in [0.717, 1.165) is 11.4 Å². The number of carboxylic acid groups (broad SMARTS) is 1. The average Bonchev–Trinajstić information content (AvgIpc) is 2.28. The van der Waals surface area contributed by atoms with Gasteiger partial charge >= 0.3 is 5.97 Å². The van der Waals surface area contributed by atoms with Crippen LogP contribution in [0.5, 0.6) is 5.75 Å². The average molecular weight is 249 g/mol.